The summed E-state index contributed by atoms with van der Waals surface area (Å²) in [6, 6.07) is 7.39. The van der Waals surface area contributed by atoms with Gasteiger partial charge in [-0.15, -0.1) is 0 Å². The average molecular weight is 400 g/mol. The molecule has 0 saturated carbocycles. The van der Waals surface area contributed by atoms with Gasteiger partial charge in [0.05, 0.1) is 27.5 Å². The molecule has 2 saturated heterocycles. The minimum atomic E-state index is -0.536. The van der Waals surface area contributed by atoms with Crippen LogP contribution in [0.2, 0.25) is 5.02 Å². The minimum absolute atomic E-state index is 0.00912. The second kappa shape index (κ2) is 6.07. The molecular weight excluding hydrogens is 378 g/mol. The molecule has 2 N–H and O–H groups in total. The highest BCUT2D eigenvalue weighted by atomic mass is 35.5. The number of fused-ring (bicyclic) bond motifs is 3. The van der Waals surface area contributed by atoms with Crippen molar-refractivity contribution in [1.29, 1.82) is 0 Å². The summed E-state index contributed by atoms with van der Waals surface area (Å²) in [6.45, 7) is 3.00. The zero-order valence-corrected chi connectivity index (χ0v) is 16.6. The van der Waals surface area contributed by atoms with Crippen molar-refractivity contribution in [3.63, 3.8) is 0 Å². The number of nitrogens with one attached hydrogen (secondary N) is 2. The first-order valence-electron chi connectivity index (χ1n) is 9.41. The van der Waals surface area contributed by atoms with Crippen LogP contribution in [0.1, 0.15) is 10.5 Å². The molecule has 3 aliphatic heterocycles. The Balaban J connectivity index is 1.74. The zero-order valence-electron chi connectivity index (χ0n) is 15.8. The van der Waals surface area contributed by atoms with E-state index >= 15 is 0 Å². The van der Waals surface area contributed by atoms with Crippen LogP contribution in [0.3, 0.4) is 0 Å². The van der Waals surface area contributed by atoms with Gasteiger partial charge in [-0.2, -0.15) is 0 Å². The number of hydrogen-bond acceptors (Lipinski definition) is 4. The Morgan fingerprint density at radius 3 is 2.89 bits per heavy atom. The van der Waals surface area contributed by atoms with Gasteiger partial charge in [-0.3, -0.25) is 14.5 Å². The standard InChI is InChI=1S/C20H22ClN5O2/c1-24-8-12-7-22-10-20(12,11-24)19(28)26-15-6-4-3-5-14(15)23-18(27)17-16(26)13(21)9-25(17)2/h3-6,9,12,22H,7-8,10-11H2,1-2H3,(H,23,27). The number of rotatable bonds is 1. The summed E-state index contributed by atoms with van der Waals surface area (Å²) in [6.07, 6.45) is 1.68. The first-order chi connectivity index (χ1) is 13.4. The fourth-order valence-electron chi connectivity index (χ4n) is 5.04. The average Bonchev–Trinajstić information content (AvgIpc) is 3.23. The van der Waals surface area contributed by atoms with Crippen molar-refractivity contribution in [2.45, 2.75) is 0 Å². The van der Waals surface area contributed by atoms with Gasteiger partial charge in [0.25, 0.3) is 5.91 Å². The number of halogens is 1. The lowest BCUT2D eigenvalue weighted by molar-refractivity contribution is -0.127. The van der Waals surface area contributed by atoms with E-state index in [2.05, 4.69) is 22.6 Å². The molecule has 3 aliphatic rings. The highest BCUT2D eigenvalue weighted by Gasteiger charge is 2.56. The third kappa shape index (κ3) is 2.30. The molecule has 2 atom stereocenters. The highest BCUT2D eigenvalue weighted by Crippen LogP contribution is 2.48. The quantitative estimate of drug-likeness (QED) is 0.770. The van der Waals surface area contributed by atoms with Crippen LogP contribution in [0.5, 0.6) is 0 Å². The number of likely N-dealkylation sites (tertiary alicyclic amines) is 1. The van der Waals surface area contributed by atoms with Crippen molar-refractivity contribution < 1.29 is 9.59 Å². The van der Waals surface area contributed by atoms with Gasteiger partial charge >= 0.3 is 0 Å². The van der Waals surface area contributed by atoms with Crippen molar-refractivity contribution in [3.05, 3.63) is 41.2 Å². The number of para-hydroxylation sites is 2. The fourth-order valence-corrected chi connectivity index (χ4v) is 5.36. The molecule has 2 unspecified atom stereocenters. The molecule has 4 heterocycles. The monoisotopic (exact) mass is 399 g/mol. The Bertz CT molecular complexity index is 1000. The SMILES string of the molecule is CN1CC2CNCC2(C(=O)N2c3ccccc3NC(=O)c3c2c(Cl)cn3C)C1. The van der Waals surface area contributed by atoms with Crippen LogP contribution >= 0.6 is 11.6 Å². The van der Waals surface area contributed by atoms with Crippen LogP contribution in [0, 0.1) is 11.3 Å². The first kappa shape index (κ1) is 17.7. The molecule has 0 bridgehead atoms. The smallest absolute Gasteiger partial charge is 0.274 e. The fraction of sp³-hybridized carbons (Fsp3) is 0.400. The maximum Gasteiger partial charge on any atom is 0.274 e. The second-order valence-corrected chi connectivity index (χ2v) is 8.48. The number of amides is 2. The summed E-state index contributed by atoms with van der Waals surface area (Å²) >= 11 is 6.56. The molecule has 2 aromatic rings. The Morgan fingerprint density at radius 1 is 1.29 bits per heavy atom. The van der Waals surface area contributed by atoms with Gasteiger partial charge < -0.3 is 20.1 Å². The molecule has 2 fully saturated rings. The molecule has 146 valence electrons. The minimum Gasteiger partial charge on any atom is -0.343 e. The summed E-state index contributed by atoms with van der Waals surface area (Å²) in [7, 11) is 3.82. The van der Waals surface area contributed by atoms with Gasteiger partial charge in [0.1, 0.15) is 5.69 Å². The summed E-state index contributed by atoms with van der Waals surface area (Å²) < 4.78 is 1.68. The van der Waals surface area contributed by atoms with E-state index in [0.717, 1.165) is 13.1 Å². The molecule has 5 rings (SSSR count). The zero-order chi connectivity index (χ0) is 19.6. The molecule has 8 heteroatoms. The Kier molecular flexibility index (Phi) is 3.84. The Hall–Kier alpha value is -2.35. The van der Waals surface area contributed by atoms with Gasteiger partial charge in [0, 0.05) is 45.3 Å². The lowest BCUT2D eigenvalue weighted by Gasteiger charge is -2.34. The highest BCUT2D eigenvalue weighted by molar-refractivity contribution is 6.36. The lowest BCUT2D eigenvalue weighted by atomic mass is 9.79. The molecule has 28 heavy (non-hydrogen) atoms. The number of carbonyl (C=O) groups excluding carboxylic acids is 2. The summed E-state index contributed by atoms with van der Waals surface area (Å²) in [4.78, 5) is 31.0. The van der Waals surface area contributed by atoms with Gasteiger partial charge in [-0.25, -0.2) is 0 Å². The van der Waals surface area contributed by atoms with E-state index in [9.17, 15) is 9.59 Å². The first-order valence-corrected chi connectivity index (χ1v) is 9.79. The molecule has 1 aromatic heterocycles. The number of carbonyl (C=O) groups is 2. The molecule has 2 amide bonds. The van der Waals surface area contributed by atoms with Gasteiger partial charge in [-0.1, -0.05) is 23.7 Å². The topological polar surface area (TPSA) is 69.6 Å². The number of anilines is 3. The maximum atomic E-state index is 14.1. The number of hydrogen-bond donors (Lipinski definition) is 2. The number of aryl methyl sites for hydroxylation is 1. The van der Waals surface area contributed by atoms with E-state index in [4.69, 9.17) is 11.6 Å². The number of nitrogens with zero attached hydrogens (tertiary/aromatic N) is 3. The summed E-state index contributed by atoms with van der Waals surface area (Å²) in [5.41, 5.74) is 1.58. The molecule has 7 nitrogen and oxygen atoms in total. The Morgan fingerprint density at radius 2 is 2.07 bits per heavy atom. The Labute approximate surface area is 168 Å². The van der Waals surface area contributed by atoms with Gasteiger partial charge in [0.2, 0.25) is 5.91 Å². The summed E-state index contributed by atoms with van der Waals surface area (Å²) in [5.74, 6) is -0.0468. The molecular formula is C20H22ClN5O2. The molecule has 1 aromatic carbocycles. The van der Waals surface area contributed by atoms with Crippen molar-refractivity contribution >= 4 is 40.5 Å². The predicted molar refractivity (Wildman–Crippen MR) is 108 cm³/mol. The van der Waals surface area contributed by atoms with Crippen LogP contribution < -0.4 is 15.5 Å². The van der Waals surface area contributed by atoms with Crippen molar-refractivity contribution in [2.75, 3.05) is 43.4 Å². The van der Waals surface area contributed by atoms with E-state index in [1.165, 1.54) is 0 Å². The van der Waals surface area contributed by atoms with Crippen LogP contribution in [-0.2, 0) is 11.8 Å². The molecule has 0 aliphatic carbocycles. The second-order valence-electron chi connectivity index (χ2n) is 8.08. The lowest BCUT2D eigenvalue weighted by Crippen LogP contribution is -2.48. The normalized spacial score (nSPS) is 26.5. The van der Waals surface area contributed by atoms with Crippen LogP contribution in [0.25, 0.3) is 0 Å². The van der Waals surface area contributed by atoms with Crippen LogP contribution in [-0.4, -0.2) is 54.5 Å². The predicted octanol–water partition coefficient (Wildman–Crippen LogP) is 2.06. The maximum absolute atomic E-state index is 14.1. The number of aromatic nitrogens is 1. The third-order valence-electron chi connectivity index (χ3n) is 6.27. The van der Waals surface area contributed by atoms with Crippen LogP contribution in [0.4, 0.5) is 17.1 Å². The van der Waals surface area contributed by atoms with E-state index in [1.807, 2.05) is 24.3 Å². The van der Waals surface area contributed by atoms with Crippen molar-refractivity contribution in [1.82, 2.24) is 14.8 Å². The molecule has 0 radical (unpaired) electrons. The van der Waals surface area contributed by atoms with Gasteiger partial charge in [0.15, 0.2) is 0 Å². The number of benzene rings is 1. The van der Waals surface area contributed by atoms with E-state index in [1.54, 1.807) is 22.7 Å². The van der Waals surface area contributed by atoms with Gasteiger partial charge in [-0.05, 0) is 19.2 Å². The largest absolute Gasteiger partial charge is 0.343 e. The van der Waals surface area contributed by atoms with E-state index in [-0.39, 0.29) is 17.7 Å². The summed E-state index contributed by atoms with van der Waals surface area (Å²) in [5, 5.41) is 6.73. The van der Waals surface area contributed by atoms with E-state index < -0.39 is 5.41 Å². The van der Waals surface area contributed by atoms with Crippen molar-refractivity contribution in [2.24, 2.45) is 18.4 Å². The van der Waals surface area contributed by atoms with Crippen LogP contribution in [0.15, 0.2) is 30.5 Å². The van der Waals surface area contributed by atoms with E-state index in [0.29, 0.717) is 40.9 Å². The van der Waals surface area contributed by atoms with Crippen molar-refractivity contribution in [3.8, 4) is 0 Å². The third-order valence-corrected chi connectivity index (χ3v) is 6.54. The molecule has 0 spiro atoms.